The van der Waals surface area contributed by atoms with Gasteiger partial charge in [-0.15, -0.1) is 0 Å². The number of hydrogen-bond donors (Lipinski definition) is 1. The summed E-state index contributed by atoms with van der Waals surface area (Å²) in [5.41, 5.74) is 1.03. The first-order valence-electron chi connectivity index (χ1n) is 8.30. The summed E-state index contributed by atoms with van der Waals surface area (Å²) >= 11 is 0. The SMILES string of the molecule is CCNC(=NCc1ccccn1)N1CC2CCCCC2C1. The second-order valence-electron chi connectivity index (χ2n) is 6.20. The van der Waals surface area contributed by atoms with Crippen molar-refractivity contribution in [2.45, 2.75) is 39.2 Å². The molecule has 1 aromatic heterocycles. The summed E-state index contributed by atoms with van der Waals surface area (Å²) < 4.78 is 0. The molecule has 1 aliphatic carbocycles. The highest BCUT2D eigenvalue weighted by Gasteiger charge is 2.35. The Kier molecular flexibility index (Phi) is 4.73. The molecule has 0 radical (unpaired) electrons. The lowest BCUT2D eigenvalue weighted by molar-refractivity contribution is 0.299. The molecule has 0 bridgehead atoms. The molecule has 1 aromatic rings. The van der Waals surface area contributed by atoms with Crippen LogP contribution in [0.5, 0.6) is 0 Å². The van der Waals surface area contributed by atoms with E-state index in [1.165, 1.54) is 38.8 Å². The van der Waals surface area contributed by atoms with Gasteiger partial charge < -0.3 is 10.2 Å². The number of likely N-dealkylation sites (tertiary alicyclic amines) is 1. The van der Waals surface area contributed by atoms with Gasteiger partial charge in [-0.2, -0.15) is 0 Å². The van der Waals surface area contributed by atoms with Gasteiger partial charge in [0.2, 0.25) is 0 Å². The summed E-state index contributed by atoms with van der Waals surface area (Å²) in [5.74, 6) is 2.84. The number of aliphatic imine (C=N–C) groups is 1. The lowest BCUT2D eigenvalue weighted by atomic mass is 9.82. The number of hydrogen-bond acceptors (Lipinski definition) is 2. The second-order valence-corrected chi connectivity index (χ2v) is 6.20. The average Bonchev–Trinajstić information content (AvgIpc) is 2.96. The van der Waals surface area contributed by atoms with Gasteiger partial charge in [0.25, 0.3) is 0 Å². The zero-order valence-electron chi connectivity index (χ0n) is 13.0. The average molecular weight is 286 g/mol. The number of pyridine rings is 1. The Morgan fingerprint density at radius 1 is 1.29 bits per heavy atom. The Morgan fingerprint density at radius 2 is 2.05 bits per heavy atom. The fourth-order valence-corrected chi connectivity index (χ4v) is 3.65. The van der Waals surface area contributed by atoms with Gasteiger partial charge >= 0.3 is 0 Å². The van der Waals surface area contributed by atoms with E-state index >= 15 is 0 Å². The minimum atomic E-state index is 0.662. The summed E-state index contributed by atoms with van der Waals surface area (Å²) in [6, 6.07) is 6.01. The minimum absolute atomic E-state index is 0.662. The second kappa shape index (κ2) is 6.92. The number of fused-ring (bicyclic) bond motifs is 1. The Labute approximate surface area is 127 Å². The fraction of sp³-hybridized carbons (Fsp3) is 0.647. The predicted molar refractivity (Wildman–Crippen MR) is 86.1 cm³/mol. The maximum Gasteiger partial charge on any atom is 0.194 e. The topological polar surface area (TPSA) is 40.5 Å². The molecule has 21 heavy (non-hydrogen) atoms. The number of nitrogens with zero attached hydrogens (tertiary/aromatic N) is 3. The predicted octanol–water partition coefficient (Wildman–Crippen LogP) is 2.67. The van der Waals surface area contributed by atoms with E-state index in [0.29, 0.717) is 6.54 Å². The van der Waals surface area contributed by atoms with E-state index in [4.69, 9.17) is 4.99 Å². The summed E-state index contributed by atoms with van der Waals surface area (Å²) in [6.45, 7) is 6.08. The molecule has 2 aliphatic rings. The highest BCUT2D eigenvalue weighted by molar-refractivity contribution is 5.80. The fourth-order valence-electron chi connectivity index (χ4n) is 3.65. The standard InChI is InChI=1S/C17H26N4/c1-2-18-17(20-11-16-9-5-6-10-19-16)21-12-14-7-3-4-8-15(14)13-21/h5-6,9-10,14-15H,2-4,7-8,11-13H2,1H3,(H,18,20). The molecule has 114 valence electrons. The van der Waals surface area contributed by atoms with Crippen LogP contribution in [0, 0.1) is 11.8 Å². The molecule has 3 rings (SSSR count). The Hall–Kier alpha value is -1.58. The van der Waals surface area contributed by atoms with Crippen molar-refractivity contribution in [3.63, 3.8) is 0 Å². The van der Waals surface area contributed by atoms with Gasteiger partial charge in [-0.25, -0.2) is 4.99 Å². The molecule has 1 saturated carbocycles. The molecule has 2 atom stereocenters. The molecule has 0 amide bonds. The maximum atomic E-state index is 4.79. The van der Waals surface area contributed by atoms with Gasteiger partial charge in [0, 0.05) is 25.8 Å². The molecule has 0 spiro atoms. The van der Waals surface area contributed by atoms with Crippen LogP contribution in [0.1, 0.15) is 38.3 Å². The summed E-state index contributed by atoms with van der Waals surface area (Å²) in [7, 11) is 0. The van der Waals surface area contributed by atoms with Crippen LogP contribution in [0.4, 0.5) is 0 Å². The molecule has 2 heterocycles. The van der Waals surface area contributed by atoms with Crippen molar-refractivity contribution in [2.75, 3.05) is 19.6 Å². The molecule has 2 unspecified atom stereocenters. The van der Waals surface area contributed by atoms with E-state index in [1.807, 2.05) is 24.4 Å². The van der Waals surface area contributed by atoms with E-state index in [-0.39, 0.29) is 0 Å². The van der Waals surface area contributed by atoms with Gasteiger partial charge in [0.15, 0.2) is 5.96 Å². The summed E-state index contributed by atoms with van der Waals surface area (Å²) in [6.07, 6.45) is 7.47. The highest BCUT2D eigenvalue weighted by Crippen LogP contribution is 2.35. The van der Waals surface area contributed by atoms with E-state index in [9.17, 15) is 0 Å². The van der Waals surface area contributed by atoms with E-state index in [2.05, 4.69) is 22.1 Å². The number of nitrogens with one attached hydrogen (secondary N) is 1. The van der Waals surface area contributed by atoms with Crippen LogP contribution < -0.4 is 5.32 Å². The monoisotopic (exact) mass is 286 g/mol. The first-order valence-corrected chi connectivity index (χ1v) is 8.30. The first kappa shape index (κ1) is 14.4. The molecule has 1 N–H and O–H groups in total. The smallest absolute Gasteiger partial charge is 0.194 e. The zero-order valence-corrected chi connectivity index (χ0v) is 13.0. The number of rotatable bonds is 3. The van der Waals surface area contributed by atoms with Crippen LogP contribution >= 0.6 is 0 Å². The van der Waals surface area contributed by atoms with Crippen molar-refractivity contribution in [3.05, 3.63) is 30.1 Å². The van der Waals surface area contributed by atoms with Crippen LogP contribution in [0.25, 0.3) is 0 Å². The van der Waals surface area contributed by atoms with Gasteiger partial charge in [-0.05, 0) is 43.7 Å². The van der Waals surface area contributed by atoms with Crippen molar-refractivity contribution >= 4 is 5.96 Å². The zero-order chi connectivity index (χ0) is 14.5. The molecular formula is C17H26N4. The third-order valence-electron chi connectivity index (χ3n) is 4.73. The molecular weight excluding hydrogens is 260 g/mol. The Morgan fingerprint density at radius 3 is 2.67 bits per heavy atom. The van der Waals surface area contributed by atoms with Crippen molar-refractivity contribution in [1.82, 2.24) is 15.2 Å². The molecule has 4 heteroatoms. The molecule has 1 saturated heterocycles. The van der Waals surface area contributed by atoms with E-state index < -0.39 is 0 Å². The third kappa shape index (κ3) is 3.55. The summed E-state index contributed by atoms with van der Waals surface area (Å²) in [5, 5.41) is 3.45. The highest BCUT2D eigenvalue weighted by atomic mass is 15.3. The normalized spacial score (nSPS) is 25.8. The third-order valence-corrected chi connectivity index (χ3v) is 4.73. The van der Waals surface area contributed by atoms with E-state index in [0.717, 1.165) is 30.0 Å². The lowest BCUT2D eigenvalue weighted by Crippen LogP contribution is -2.40. The molecule has 4 nitrogen and oxygen atoms in total. The maximum absolute atomic E-state index is 4.79. The van der Waals surface area contributed by atoms with Crippen LogP contribution in [-0.2, 0) is 6.54 Å². The van der Waals surface area contributed by atoms with Crippen molar-refractivity contribution < 1.29 is 0 Å². The van der Waals surface area contributed by atoms with Crippen molar-refractivity contribution in [1.29, 1.82) is 0 Å². The quantitative estimate of drug-likeness (QED) is 0.686. The van der Waals surface area contributed by atoms with Gasteiger partial charge in [0.05, 0.1) is 12.2 Å². The van der Waals surface area contributed by atoms with Crippen molar-refractivity contribution in [2.24, 2.45) is 16.8 Å². The largest absolute Gasteiger partial charge is 0.357 e. The van der Waals surface area contributed by atoms with Gasteiger partial charge in [-0.3, -0.25) is 4.98 Å². The molecule has 0 aromatic carbocycles. The first-order chi connectivity index (χ1) is 10.4. The summed E-state index contributed by atoms with van der Waals surface area (Å²) in [4.78, 5) is 11.6. The minimum Gasteiger partial charge on any atom is -0.357 e. The Bertz CT molecular complexity index is 457. The Balaban J connectivity index is 1.66. The number of aromatic nitrogens is 1. The molecule has 1 aliphatic heterocycles. The van der Waals surface area contributed by atoms with Crippen LogP contribution in [0.2, 0.25) is 0 Å². The van der Waals surface area contributed by atoms with E-state index in [1.54, 1.807) is 0 Å². The van der Waals surface area contributed by atoms with Crippen molar-refractivity contribution in [3.8, 4) is 0 Å². The molecule has 2 fully saturated rings. The number of guanidine groups is 1. The van der Waals surface area contributed by atoms with Gasteiger partial charge in [-0.1, -0.05) is 18.9 Å². The van der Waals surface area contributed by atoms with Crippen LogP contribution in [-0.4, -0.2) is 35.5 Å². The van der Waals surface area contributed by atoms with Crippen LogP contribution in [0.3, 0.4) is 0 Å². The lowest BCUT2D eigenvalue weighted by Gasteiger charge is -2.22. The van der Waals surface area contributed by atoms with Crippen LogP contribution in [0.15, 0.2) is 29.4 Å². The van der Waals surface area contributed by atoms with Gasteiger partial charge in [0.1, 0.15) is 0 Å².